The molecule has 14 aromatic carbocycles. The fourth-order valence-electron chi connectivity index (χ4n) is 14.8. The number of rotatable bonds is 5. The molecule has 15 aromatic rings. The van der Waals surface area contributed by atoms with Crippen LogP contribution in [0.1, 0.15) is 25.0 Å². The summed E-state index contributed by atoms with van der Waals surface area (Å²) in [5, 5.41) is 21.3. The van der Waals surface area contributed by atoms with Crippen molar-refractivity contribution in [1.82, 2.24) is 4.57 Å². The summed E-state index contributed by atoms with van der Waals surface area (Å²) >= 11 is 0. The van der Waals surface area contributed by atoms with Gasteiger partial charge in [-0.2, -0.15) is 0 Å². The molecule has 1 aliphatic carbocycles. The Hall–Kier alpha value is -9.34. The lowest BCUT2D eigenvalue weighted by Crippen LogP contribution is -2.72. The van der Waals surface area contributed by atoms with Gasteiger partial charge < -0.3 is 4.57 Å². The topological polar surface area (TPSA) is 4.93 Å². The van der Waals surface area contributed by atoms with Crippen molar-refractivity contribution in [3.8, 4) is 50.2 Å². The van der Waals surface area contributed by atoms with Gasteiger partial charge in [-0.15, -0.1) is 0 Å². The summed E-state index contributed by atoms with van der Waals surface area (Å²) in [7, 11) is -2.76. The van der Waals surface area contributed by atoms with Crippen LogP contribution in [0.5, 0.6) is 0 Å². The Morgan fingerprint density at radius 1 is 0.312 bits per heavy atom. The van der Waals surface area contributed by atoms with Gasteiger partial charge in [-0.1, -0.05) is 232 Å². The molecule has 77 heavy (non-hydrogen) atoms. The third-order valence-corrected chi connectivity index (χ3v) is 23.0. The summed E-state index contributed by atoms with van der Waals surface area (Å²) < 4.78 is 2.56. The molecule has 1 nitrogen and oxygen atoms in total. The predicted octanol–water partition coefficient (Wildman–Crippen LogP) is 17.0. The normalized spacial score (nSPS) is 14.1. The minimum atomic E-state index is -2.76. The third-order valence-electron chi connectivity index (χ3n) is 18.1. The first-order chi connectivity index (χ1) is 37.9. The summed E-state index contributed by atoms with van der Waals surface area (Å²) in [5.41, 5.74) is 16.7. The molecule has 358 valence electrons. The summed E-state index contributed by atoms with van der Waals surface area (Å²) in [5.74, 6) is 0. The van der Waals surface area contributed by atoms with Gasteiger partial charge in [0.25, 0.3) is 0 Å². The van der Waals surface area contributed by atoms with Gasteiger partial charge in [-0.3, -0.25) is 0 Å². The first kappa shape index (κ1) is 43.0. The summed E-state index contributed by atoms with van der Waals surface area (Å²) in [6.07, 6.45) is 0. The highest BCUT2D eigenvalue weighted by Crippen LogP contribution is 2.52. The molecule has 0 saturated heterocycles. The highest BCUT2D eigenvalue weighted by atomic mass is 28.3. The van der Waals surface area contributed by atoms with E-state index in [0.29, 0.717) is 0 Å². The molecule has 0 N–H and O–H groups in total. The van der Waals surface area contributed by atoms with Crippen molar-refractivity contribution in [1.29, 1.82) is 0 Å². The number of aromatic nitrogens is 1. The van der Waals surface area contributed by atoms with Gasteiger partial charge in [0, 0.05) is 21.6 Å². The maximum atomic E-state index is 2.62. The molecule has 17 rings (SSSR count). The highest BCUT2D eigenvalue weighted by molar-refractivity contribution is 7.22. The first-order valence-corrected chi connectivity index (χ1v) is 29.2. The SMILES string of the molecule is CC1(C)c2cc(-c3ccc4c(c3)c3ccccc3n4-c3cc4cc5c(c6ccc7cccc3c7c46)-c3ccccc3[Si]5(c3ccccc3)c3ccccc3)ccc2-c2ccc(-c3c4ccccc4cc4ccccc34)cc21. The smallest absolute Gasteiger partial charge is 0.180 e. The molecule has 1 aromatic heterocycles. The minimum Gasteiger partial charge on any atom is -0.309 e. The molecule has 0 spiro atoms. The van der Waals surface area contributed by atoms with Crippen LogP contribution in [0, 0.1) is 0 Å². The molecule has 0 saturated carbocycles. The Kier molecular flexibility index (Phi) is 8.71. The fourth-order valence-corrected chi connectivity index (χ4v) is 20.0. The van der Waals surface area contributed by atoms with Crippen molar-refractivity contribution in [3.05, 3.63) is 272 Å². The third kappa shape index (κ3) is 5.72. The quantitative estimate of drug-likeness (QED) is 0.0920. The van der Waals surface area contributed by atoms with Crippen LogP contribution in [0.4, 0.5) is 0 Å². The van der Waals surface area contributed by atoms with Crippen molar-refractivity contribution >= 4 is 104 Å². The molecule has 2 heteroatoms. The second kappa shape index (κ2) is 15.6. The molecule has 0 atom stereocenters. The van der Waals surface area contributed by atoms with E-state index in [2.05, 4.69) is 279 Å². The van der Waals surface area contributed by atoms with Gasteiger partial charge in [0.2, 0.25) is 0 Å². The van der Waals surface area contributed by atoms with Crippen molar-refractivity contribution in [2.75, 3.05) is 0 Å². The van der Waals surface area contributed by atoms with E-state index in [9.17, 15) is 0 Å². The van der Waals surface area contributed by atoms with Gasteiger partial charge in [0.15, 0.2) is 8.07 Å². The largest absolute Gasteiger partial charge is 0.309 e. The zero-order valence-corrected chi connectivity index (χ0v) is 43.8. The van der Waals surface area contributed by atoms with E-state index in [1.54, 1.807) is 0 Å². The van der Waals surface area contributed by atoms with Crippen LogP contribution >= 0.6 is 0 Å². The lowest BCUT2D eigenvalue weighted by molar-refractivity contribution is 0.661. The van der Waals surface area contributed by atoms with Crippen LogP contribution in [0.15, 0.2) is 261 Å². The monoisotopic (exact) mass is 991 g/mol. The Labute approximate surface area is 447 Å². The van der Waals surface area contributed by atoms with Gasteiger partial charge in [-0.25, -0.2) is 0 Å². The second-order valence-electron chi connectivity index (χ2n) is 22.3. The average molecular weight is 992 g/mol. The molecule has 0 amide bonds. The van der Waals surface area contributed by atoms with E-state index in [1.807, 2.05) is 0 Å². The van der Waals surface area contributed by atoms with E-state index >= 15 is 0 Å². The number of benzene rings is 14. The Morgan fingerprint density at radius 3 is 1.61 bits per heavy atom. The van der Waals surface area contributed by atoms with Crippen LogP contribution in [0.2, 0.25) is 0 Å². The maximum absolute atomic E-state index is 2.76. The van der Waals surface area contributed by atoms with Crippen LogP contribution in [-0.4, -0.2) is 12.6 Å². The fraction of sp³-hybridized carbons (Fsp3) is 0.0400. The Morgan fingerprint density at radius 2 is 0.870 bits per heavy atom. The number of nitrogens with zero attached hydrogens (tertiary/aromatic N) is 1. The first-order valence-electron chi connectivity index (χ1n) is 27.2. The lowest BCUT2D eigenvalue weighted by Gasteiger charge is -2.31. The van der Waals surface area contributed by atoms with Crippen LogP contribution in [-0.2, 0) is 5.41 Å². The second-order valence-corrected chi connectivity index (χ2v) is 26.0. The molecule has 0 unspecified atom stereocenters. The van der Waals surface area contributed by atoms with Gasteiger partial charge in [0.1, 0.15) is 0 Å². The zero-order chi connectivity index (χ0) is 50.7. The summed E-state index contributed by atoms with van der Waals surface area (Å²) in [4.78, 5) is 0. The molecule has 2 heterocycles. The molecule has 2 aliphatic rings. The molecular weight excluding hydrogens is 943 g/mol. The summed E-state index contributed by atoms with van der Waals surface area (Å²) in [6.45, 7) is 4.83. The molecular formula is C75H49NSi. The maximum Gasteiger partial charge on any atom is 0.180 e. The van der Waals surface area contributed by atoms with E-state index in [-0.39, 0.29) is 5.41 Å². The molecule has 0 radical (unpaired) electrons. The van der Waals surface area contributed by atoms with Crippen LogP contribution in [0.3, 0.4) is 0 Å². The van der Waals surface area contributed by atoms with Gasteiger partial charge >= 0.3 is 0 Å². The summed E-state index contributed by atoms with van der Waals surface area (Å²) in [6, 6.07) is 99.7. The van der Waals surface area contributed by atoms with E-state index < -0.39 is 8.07 Å². The Balaban J connectivity index is 0.841. The number of hydrogen-bond acceptors (Lipinski definition) is 0. The Bertz CT molecular complexity index is 4910. The molecule has 0 fully saturated rings. The van der Waals surface area contributed by atoms with Crippen LogP contribution < -0.4 is 20.7 Å². The van der Waals surface area contributed by atoms with Crippen molar-refractivity contribution in [2.45, 2.75) is 19.3 Å². The highest BCUT2D eigenvalue weighted by Gasteiger charge is 2.49. The van der Waals surface area contributed by atoms with E-state index in [1.165, 1.54) is 158 Å². The predicted molar refractivity (Wildman–Crippen MR) is 331 cm³/mol. The standard InChI is InChI=1S/C75H49NSi/c1-75(2)64-42-48(33-36-57(64)58-37-34-51(43-65(58)75)71-55-25-11-9-18-49(55)40-50-19-10-12-26-56(50)71)47-35-39-67-63(41-47)59-27-13-15-30-66(59)76(67)68-44-52-45-70-74(62-38-32-46-20-17-29-60(68)72(46)73(52)62)61-28-14-16-31-69(61)77(70,53-21-5-3-6-22-53)54-23-7-4-8-24-54/h3-45H,1-2H3. The van der Waals surface area contributed by atoms with Crippen LogP contribution in [0.25, 0.3) is 126 Å². The van der Waals surface area contributed by atoms with Crippen molar-refractivity contribution in [3.63, 3.8) is 0 Å². The molecule has 1 aliphatic heterocycles. The minimum absolute atomic E-state index is 0.196. The number of hydrogen-bond donors (Lipinski definition) is 0. The zero-order valence-electron chi connectivity index (χ0n) is 42.8. The van der Waals surface area contributed by atoms with Crippen molar-refractivity contribution in [2.24, 2.45) is 0 Å². The average Bonchev–Trinajstić information content (AvgIpc) is 4.29. The number of fused-ring (bicyclic) bond motifs is 12. The van der Waals surface area contributed by atoms with Gasteiger partial charge in [0.05, 0.1) is 16.7 Å². The van der Waals surface area contributed by atoms with E-state index in [4.69, 9.17) is 0 Å². The van der Waals surface area contributed by atoms with Crippen molar-refractivity contribution < 1.29 is 0 Å². The lowest BCUT2D eigenvalue weighted by atomic mass is 9.80. The number of para-hydroxylation sites is 1. The van der Waals surface area contributed by atoms with Gasteiger partial charge in [-0.05, 0) is 167 Å². The van der Waals surface area contributed by atoms with E-state index in [0.717, 1.165) is 0 Å². The molecule has 0 bridgehead atoms.